The van der Waals surface area contributed by atoms with Crippen molar-refractivity contribution in [3.63, 3.8) is 0 Å². The largest absolute Gasteiger partial charge is 0.493 e. The zero-order chi connectivity index (χ0) is 22.5. The number of Topliss-reactive ketones (excluding diaryl/α,β-unsaturated/α-hetero) is 1. The van der Waals surface area contributed by atoms with Crippen molar-refractivity contribution in [2.24, 2.45) is 5.92 Å². The van der Waals surface area contributed by atoms with Gasteiger partial charge in [0.15, 0.2) is 19.8 Å². The topological polar surface area (TPSA) is 44.8 Å². The Bertz CT molecular complexity index is 840. The minimum absolute atomic E-state index is 0.0462. The van der Waals surface area contributed by atoms with Crippen LogP contribution in [-0.4, -0.2) is 21.2 Å². The van der Waals surface area contributed by atoms with Crippen molar-refractivity contribution in [3.05, 3.63) is 59.7 Å². The molecule has 0 N–H and O–H groups in total. The summed E-state index contributed by atoms with van der Waals surface area (Å²) in [5.74, 6) is 1.18. The first kappa shape index (κ1) is 24.2. The molecule has 5 heteroatoms. The smallest absolute Gasteiger partial charge is 0.192 e. The van der Waals surface area contributed by atoms with Gasteiger partial charge in [-0.3, -0.25) is 4.79 Å². The molecule has 0 unspecified atom stereocenters. The van der Waals surface area contributed by atoms with Crippen LogP contribution in [0.25, 0.3) is 0 Å². The first-order chi connectivity index (χ1) is 14.0. The minimum atomic E-state index is -2.08. The summed E-state index contributed by atoms with van der Waals surface area (Å²) in [5, 5.41) is 0.0462. The molecule has 4 nitrogen and oxygen atoms in total. The van der Waals surface area contributed by atoms with Crippen LogP contribution in [0.3, 0.4) is 0 Å². The second-order valence-electron chi connectivity index (χ2n) is 9.38. The molecule has 0 aliphatic heterocycles. The van der Waals surface area contributed by atoms with Gasteiger partial charge >= 0.3 is 0 Å². The van der Waals surface area contributed by atoms with Gasteiger partial charge in [0, 0.05) is 5.92 Å². The van der Waals surface area contributed by atoms with E-state index in [1.165, 1.54) is 0 Å². The lowest BCUT2D eigenvalue weighted by Gasteiger charge is -2.40. The van der Waals surface area contributed by atoms with Crippen LogP contribution in [0.4, 0.5) is 0 Å². The van der Waals surface area contributed by atoms with E-state index in [2.05, 4.69) is 33.9 Å². The number of carbonyl (C=O) groups excluding carboxylic acids is 1. The van der Waals surface area contributed by atoms with Gasteiger partial charge in [0.1, 0.15) is 12.4 Å². The number of ether oxygens (including phenoxy) is 2. The van der Waals surface area contributed by atoms with Gasteiger partial charge in [-0.15, -0.1) is 0 Å². The molecule has 0 saturated carbocycles. The third kappa shape index (κ3) is 5.96. The second-order valence-corrected chi connectivity index (χ2v) is 14.1. The van der Waals surface area contributed by atoms with E-state index < -0.39 is 8.32 Å². The first-order valence-electron chi connectivity index (χ1n) is 10.5. The van der Waals surface area contributed by atoms with Gasteiger partial charge in [-0.1, -0.05) is 64.1 Å². The SMILES string of the molecule is COc1cc([C@@H](O[Si](C)(C)C(C)(C)C)[C@@H](C)C(C)=O)ccc1OCc1ccccc1. The molecular weight excluding hydrogens is 392 g/mol. The molecule has 0 radical (unpaired) electrons. The van der Waals surface area contributed by atoms with Crippen molar-refractivity contribution >= 4 is 14.1 Å². The monoisotopic (exact) mass is 428 g/mol. The zero-order valence-electron chi connectivity index (χ0n) is 19.6. The summed E-state index contributed by atoms with van der Waals surface area (Å²) in [7, 11) is -0.453. The maximum atomic E-state index is 12.3. The highest BCUT2D eigenvalue weighted by Crippen LogP contribution is 2.43. The molecule has 0 amide bonds. The van der Waals surface area contributed by atoms with Gasteiger partial charge in [-0.2, -0.15) is 0 Å². The maximum Gasteiger partial charge on any atom is 0.192 e. The standard InChI is InChI=1S/C25H36O4Si/c1-18(19(2)26)24(29-30(7,8)25(3,4)5)21-14-15-22(23(16-21)27-6)28-17-20-12-10-9-11-13-20/h9-16,18,24H,17H2,1-8H3/t18-,24-/m0/s1. The number of ketones is 1. The summed E-state index contributed by atoms with van der Waals surface area (Å²) >= 11 is 0. The number of hydrogen-bond acceptors (Lipinski definition) is 4. The van der Waals surface area contributed by atoms with Crippen LogP contribution < -0.4 is 9.47 Å². The molecule has 2 aromatic carbocycles. The van der Waals surface area contributed by atoms with Gasteiger partial charge < -0.3 is 13.9 Å². The van der Waals surface area contributed by atoms with Gasteiger partial charge in [0.2, 0.25) is 0 Å². The molecule has 0 aliphatic rings. The summed E-state index contributed by atoms with van der Waals surface area (Å²) in [6, 6.07) is 15.9. The summed E-state index contributed by atoms with van der Waals surface area (Å²) in [6.45, 7) is 15.1. The average molecular weight is 429 g/mol. The third-order valence-electron chi connectivity index (χ3n) is 6.08. The van der Waals surface area contributed by atoms with Crippen molar-refractivity contribution in [1.29, 1.82) is 0 Å². The van der Waals surface area contributed by atoms with Gasteiger partial charge in [-0.05, 0) is 48.3 Å². The molecule has 0 aromatic heterocycles. The predicted molar refractivity (Wildman–Crippen MR) is 125 cm³/mol. The molecule has 0 heterocycles. The molecule has 164 valence electrons. The number of hydrogen-bond donors (Lipinski definition) is 0. The quantitative estimate of drug-likeness (QED) is 0.424. The van der Waals surface area contributed by atoms with E-state index in [1.54, 1.807) is 14.0 Å². The zero-order valence-corrected chi connectivity index (χ0v) is 20.6. The molecule has 0 aliphatic carbocycles. The molecule has 0 spiro atoms. The summed E-state index contributed by atoms with van der Waals surface area (Å²) in [4.78, 5) is 12.3. The van der Waals surface area contributed by atoms with E-state index in [0.717, 1.165) is 11.1 Å². The molecule has 30 heavy (non-hydrogen) atoms. The fraction of sp³-hybridized carbons (Fsp3) is 0.480. The lowest BCUT2D eigenvalue weighted by atomic mass is 9.94. The van der Waals surface area contributed by atoms with Crippen molar-refractivity contribution in [2.75, 3.05) is 7.11 Å². The Kier molecular flexibility index (Phi) is 7.89. The molecule has 2 rings (SSSR count). The summed E-state index contributed by atoms with van der Waals surface area (Å²) < 4.78 is 18.3. The average Bonchev–Trinajstić information content (AvgIpc) is 2.69. The minimum Gasteiger partial charge on any atom is -0.493 e. The van der Waals surface area contributed by atoms with Crippen molar-refractivity contribution < 1.29 is 18.7 Å². The molecule has 0 saturated heterocycles. The van der Waals surface area contributed by atoms with Crippen LogP contribution in [0.1, 0.15) is 51.8 Å². The Morgan fingerprint density at radius 1 is 1.03 bits per heavy atom. The maximum absolute atomic E-state index is 12.3. The van der Waals surface area contributed by atoms with Crippen LogP contribution in [0.15, 0.2) is 48.5 Å². The van der Waals surface area contributed by atoms with E-state index in [1.807, 2.05) is 55.5 Å². The molecule has 0 fully saturated rings. The Morgan fingerprint density at radius 2 is 1.67 bits per heavy atom. The lowest BCUT2D eigenvalue weighted by molar-refractivity contribution is -0.123. The Hall–Kier alpha value is -2.11. The van der Waals surface area contributed by atoms with Crippen LogP contribution >= 0.6 is 0 Å². The highest BCUT2D eigenvalue weighted by molar-refractivity contribution is 6.74. The summed E-state index contributed by atoms with van der Waals surface area (Å²) in [6.07, 6.45) is -0.319. The van der Waals surface area contributed by atoms with Gasteiger partial charge in [0.25, 0.3) is 0 Å². The van der Waals surface area contributed by atoms with Crippen LogP contribution in [0.5, 0.6) is 11.5 Å². The number of rotatable bonds is 9. The Morgan fingerprint density at radius 3 is 2.20 bits per heavy atom. The number of benzene rings is 2. The van der Waals surface area contributed by atoms with E-state index in [4.69, 9.17) is 13.9 Å². The summed E-state index contributed by atoms with van der Waals surface area (Å²) in [5.41, 5.74) is 2.03. The molecule has 2 atom stereocenters. The van der Waals surface area contributed by atoms with E-state index >= 15 is 0 Å². The van der Waals surface area contributed by atoms with E-state index in [0.29, 0.717) is 18.1 Å². The van der Waals surface area contributed by atoms with E-state index in [9.17, 15) is 4.79 Å². The fourth-order valence-corrected chi connectivity index (χ4v) is 4.21. The number of carbonyl (C=O) groups is 1. The number of methoxy groups -OCH3 is 1. The molecule has 0 bridgehead atoms. The van der Waals surface area contributed by atoms with Gasteiger partial charge in [0.05, 0.1) is 13.2 Å². The highest BCUT2D eigenvalue weighted by atomic mass is 28.4. The van der Waals surface area contributed by atoms with E-state index in [-0.39, 0.29) is 22.8 Å². The fourth-order valence-electron chi connectivity index (χ4n) is 2.88. The first-order valence-corrected chi connectivity index (χ1v) is 13.4. The lowest BCUT2D eigenvalue weighted by Crippen LogP contribution is -2.43. The van der Waals surface area contributed by atoms with Crippen molar-refractivity contribution in [2.45, 2.75) is 65.5 Å². The third-order valence-corrected chi connectivity index (χ3v) is 10.5. The Labute approximate surface area is 182 Å². The highest BCUT2D eigenvalue weighted by Gasteiger charge is 2.41. The molecular formula is C25H36O4Si. The van der Waals surface area contributed by atoms with Crippen molar-refractivity contribution in [3.8, 4) is 11.5 Å². The van der Waals surface area contributed by atoms with Crippen LogP contribution in [0, 0.1) is 5.92 Å². The second kappa shape index (κ2) is 9.80. The normalized spacial score (nSPS) is 14.1. The van der Waals surface area contributed by atoms with Gasteiger partial charge in [-0.25, -0.2) is 0 Å². The predicted octanol–water partition coefficient (Wildman–Crippen LogP) is 6.56. The van der Waals surface area contributed by atoms with Crippen LogP contribution in [0.2, 0.25) is 18.1 Å². The Balaban J connectivity index is 2.33. The van der Waals surface area contributed by atoms with Crippen LogP contribution in [-0.2, 0) is 15.8 Å². The van der Waals surface area contributed by atoms with Crippen molar-refractivity contribution in [1.82, 2.24) is 0 Å². The molecule has 2 aromatic rings.